The summed E-state index contributed by atoms with van der Waals surface area (Å²) in [4.78, 5) is 0.198. The molecular formula is C17H16FNO3S. The van der Waals surface area contributed by atoms with Crippen LogP contribution in [0.25, 0.3) is 11.0 Å². The Bertz CT molecular complexity index is 875. The molecule has 1 heterocycles. The number of furan rings is 1. The zero-order valence-corrected chi connectivity index (χ0v) is 13.6. The third kappa shape index (κ3) is 3.22. The molecule has 0 unspecified atom stereocenters. The van der Waals surface area contributed by atoms with Crippen molar-refractivity contribution in [3.63, 3.8) is 0 Å². The lowest BCUT2D eigenvalue weighted by Crippen LogP contribution is -2.00. The number of benzene rings is 2. The molecule has 3 aromatic rings. The highest BCUT2D eigenvalue weighted by molar-refractivity contribution is 7.84. The van der Waals surface area contributed by atoms with Gasteiger partial charge in [-0.1, -0.05) is 12.1 Å². The van der Waals surface area contributed by atoms with Crippen molar-refractivity contribution in [2.75, 3.05) is 18.7 Å². The van der Waals surface area contributed by atoms with Crippen molar-refractivity contribution in [2.45, 2.75) is 11.4 Å². The summed E-state index contributed by atoms with van der Waals surface area (Å²) in [5, 5.41) is 4.04. The average Bonchev–Trinajstić information content (AvgIpc) is 2.95. The van der Waals surface area contributed by atoms with Crippen molar-refractivity contribution in [2.24, 2.45) is 0 Å². The molecule has 0 aliphatic rings. The van der Waals surface area contributed by atoms with Crippen molar-refractivity contribution >= 4 is 27.5 Å². The molecule has 0 fully saturated rings. The number of hydrogen-bond donors (Lipinski definition) is 1. The van der Waals surface area contributed by atoms with E-state index in [1.807, 2.05) is 24.3 Å². The van der Waals surface area contributed by atoms with Gasteiger partial charge in [0.05, 0.1) is 29.3 Å². The third-order valence-corrected chi connectivity index (χ3v) is 4.44. The molecule has 0 aliphatic carbocycles. The van der Waals surface area contributed by atoms with Gasteiger partial charge in [0.15, 0.2) is 11.3 Å². The van der Waals surface area contributed by atoms with Crippen LogP contribution in [0.2, 0.25) is 0 Å². The van der Waals surface area contributed by atoms with Crippen molar-refractivity contribution in [1.29, 1.82) is 0 Å². The van der Waals surface area contributed by atoms with E-state index in [-0.39, 0.29) is 4.90 Å². The Labute approximate surface area is 135 Å². The van der Waals surface area contributed by atoms with Crippen molar-refractivity contribution in [1.82, 2.24) is 0 Å². The van der Waals surface area contributed by atoms with E-state index in [0.29, 0.717) is 29.3 Å². The molecule has 0 radical (unpaired) electrons. The van der Waals surface area contributed by atoms with Crippen LogP contribution in [-0.4, -0.2) is 17.6 Å². The molecule has 6 heteroatoms. The smallest absolute Gasteiger partial charge is 0.176 e. The van der Waals surface area contributed by atoms with Gasteiger partial charge in [0.25, 0.3) is 0 Å². The van der Waals surface area contributed by atoms with Crippen LogP contribution in [-0.2, 0) is 17.3 Å². The van der Waals surface area contributed by atoms with E-state index >= 15 is 0 Å². The fourth-order valence-electron chi connectivity index (χ4n) is 2.37. The topological polar surface area (TPSA) is 51.5 Å². The van der Waals surface area contributed by atoms with Gasteiger partial charge in [0.1, 0.15) is 11.6 Å². The van der Waals surface area contributed by atoms with Crippen LogP contribution in [0.3, 0.4) is 0 Å². The zero-order valence-electron chi connectivity index (χ0n) is 12.8. The number of fused-ring (bicyclic) bond motifs is 1. The summed E-state index contributed by atoms with van der Waals surface area (Å²) in [6.07, 6.45) is 1.45. The molecule has 120 valence electrons. The van der Waals surface area contributed by atoms with Crippen molar-refractivity contribution in [3.05, 3.63) is 54.0 Å². The van der Waals surface area contributed by atoms with E-state index in [2.05, 4.69) is 5.32 Å². The highest BCUT2D eigenvalue weighted by Crippen LogP contribution is 2.28. The molecular weight excluding hydrogens is 317 g/mol. The fraction of sp³-hybridized carbons (Fsp3) is 0.176. The summed E-state index contributed by atoms with van der Waals surface area (Å²) in [6.45, 7) is 0.409. The lowest BCUT2D eigenvalue weighted by molar-refractivity contribution is 0.408. The second-order valence-electron chi connectivity index (χ2n) is 5.04. The number of halogens is 1. The van der Waals surface area contributed by atoms with E-state index < -0.39 is 16.6 Å². The van der Waals surface area contributed by atoms with Gasteiger partial charge in [-0.15, -0.1) is 0 Å². The minimum Gasteiger partial charge on any atom is -0.493 e. The van der Waals surface area contributed by atoms with Gasteiger partial charge < -0.3 is 14.5 Å². The second kappa shape index (κ2) is 6.42. The predicted octanol–water partition coefficient (Wildman–Crippen LogP) is 3.93. The molecule has 0 saturated carbocycles. The number of hydrogen-bond acceptors (Lipinski definition) is 4. The maximum atomic E-state index is 13.8. The summed E-state index contributed by atoms with van der Waals surface area (Å²) in [5.74, 6) is 0.907. The first kappa shape index (κ1) is 15.6. The SMILES string of the molecule is COc1cccc2cc(CNc3ccc([S@@](C)=O)c(F)c3)oc12. The van der Waals surface area contributed by atoms with E-state index in [9.17, 15) is 8.60 Å². The normalized spacial score (nSPS) is 12.3. The molecule has 23 heavy (non-hydrogen) atoms. The molecule has 1 atom stereocenters. The molecule has 0 bridgehead atoms. The first-order valence-corrected chi connectivity index (χ1v) is 8.56. The number of ether oxygens (including phenoxy) is 1. The first-order chi connectivity index (χ1) is 11.1. The average molecular weight is 333 g/mol. The third-order valence-electron chi connectivity index (χ3n) is 3.49. The van der Waals surface area contributed by atoms with Crippen LogP contribution in [0.15, 0.2) is 51.8 Å². The van der Waals surface area contributed by atoms with Crippen LogP contribution in [0.5, 0.6) is 5.75 Å². The predicted molar refractivity (Wildman–Crippen MR) is 88.8 cm³/mol. The highest BCUT2D eigenvalue weighted by atomic mass is 32.2. The maximum absolute atomic E-state index is 13.8. The van der Waals surface area contributed by atoms with Crippen LogP contribution < -0.4 is 10.1 Å². The van der Waals surface area contributed by atoms with E-state index in [1.165, 1.54) is 18.4 Å². The number of para-hydroxylation sites is 1. The summed E-state index contributed by atoms with van der Waals surface area (Å²) >= 11 is 0. The maximum Gasteiger partial charge on any atom is 0.176 e. The monoisotopic (exact) mass is 333 g/mol. The Balaban J connectivity index is 1.78. The largest absolute Gasteiger partial charge is 0.493 e. The van der Waals surface area contributed by atoms with Gasteiger partial charge in [0.2, 0.25) is 0 Å². The molecule has 0 aliphatic heterocycles. The quantitative estimate of drug-likeness (QED) is 0.769. The second-order valence-corrected chi connectivity index (χ2v) is 6.39. The number of nitrogens with one attached hydrogen (secondary N) is 1. The van der Waals surface area contributed by atoms with Gasteiger partial charge in [-0.3, -0.25) is 4.21 Å². The van der Waals surface area contributed by atoms with E-state index in [1.54, 1.807) is 13.2 Å². The van der Waals surface area contributed by atoms with Crippen molar-refractivity contribution < 1.29 is 17.8 Å². The van der Waals surface area contributed by atoms with Crippen LogP contribution in [0, 0.1) is 5.82 Å². The number of methoxy groups -OCH3 is 1. The van der Waals surface area contributed by atoms with Crippen LogP contribution in [0.4, 0.5) is 10.1 Å². The van der Waals surface area contributed by atoms with Crippen molar-refractivity contribution in [3.8, 4) is 5.75 Å². The standard InChI is InChI=1S/C17H16FNO3S/c1-21-15-5-3-4-11-8-13(22-17(11)15)10-19-12-6-7-16(23(2)20)14(18)9-12/h3-9,19H,10H2,1-2H3/t23-/m1/s1. The summed E-state index contributed by atoms with van der Waals surface area (Å²) in [5.41, 5.74) is 1.29. The lowest BCUT2D eigenvalue weighted by atomic mass is 10.2. The summed E-state index contributed by atoms with van der Waals surface area (Å²) in [7, 11) is 0.256. The highest BCUT2D eigenvalue weighted by Gasteiger charge is 2.10. The Morgan fingerprint density at radius 3 is 2.78 bits per heavy atom. The summed E-state index contributed by atoms with van der Waals surface area (Å²) < 4.78 is 36.2. The lowest BCUT2D eigenvalue weighted by Gasteiger charge is -2.06. The van der Waals surface area contributed by atoms with Gasteiger partial charge in [-0.25, -0.2) is 4.39 Å². The molecule has 3 rings (SSSR count). The van der Waals surface area contributed by atoms with Gasteiger partial charge in [0, 0.05) is 17.3 Å². The van der Waals surface area contributed by atoms with Gasteiger partial charge in [-0.05, 0) is 30.3 Å². The fourth-order valence-corrected chi connectivity index (χ4v) is 2.96. The molecule has 1 N–H and O–H groups in total. The minimum absolute atomic E-state index is 0.198. The van der Waals surface area contributed by atoms with E-state index in [0.717, 1.165) is 5.39 Å². The molecule has 0 saturated heterocycles. The number of rotatable bonds is 5. The number of anilines is 1. The molecule has 2 aromatic carbocycles. The van der Waals surface area contributed by atoms with Crippen LogP contribution in [0.1, 0.15) is 5.76 Å². The Morgan fingerprint density at radius 2 is 2.09 bits per heavy atom. The summed E-state index contributed by atoms with van der Waals surface area (Å²) in [6, 6.07) is 12.1. The molecule has 4 nitrogen and oxygen atoms in total. The first-order valence-electron chi connectivity index (χ1n) is 7.01. The molecule has 0 spiro atoms. The Hall–Kier alpha value is -2.34. The molecule has 1 aromatic heterocycles. The van der Waals surface area contributed by atoms with Crippen LogP contribution >= 0.6 is 0 Å². The zero-order chi connectivity index (χ0) is 16.4. The Morgan fingerprint density at radius 1 is 1.26 bits per heavy atom. The molecule has 0 amide bonds. The minimum atomic E-state index is -1.34. The van der Waals surface area contributed by atoms with Gasteiger partial charge >= 0.3 is 0 Å². The van der Waals surface area contributed by atoms with E-state index in [4.69, 9.17) is 9.15 Å². The Kier molecular flexibility index (Phi) is 4.34. The van der Waals surface area contributed by atoms with Gasteiger partial charge in [-0.2, -0.15) is 0 Å².